The van der Waals surface area contributed by atoms with Crippen LogP contribution in [0.2, 0.25) is 0 Å². The lowest BCUT2D eigenvalue weighted by molar-refractivity contribution is 0.0890. The number of carbonyl (C=O) groups is 1. The van der Waals surface area contributed by atoms with Crippen molar-refractivity contribution in [2.24, 2.45) is 0 Å². The minimum absolute atomic E-state index is 0.148. The van der Waals surface area contributed by atoms with E-state index in [1.807, 2.05) is 19.1 Å². The largest absolute Gasteiger partial charge is 0.492 e. The summed E-state index contributed by atoms with van der Waals surface area (Å²) in [6, 6.07) is 8.85. The SMILES string of the molecule is CC1(NC(=O)c2cccc3c2OCC3)CCCCn2c1nc(-c1ccncn1)cc2=O. The van der Waals surface area contributed by atoms with Crippen molar-refractivity contribution in [3.05, 3.63) is 70.2 Å². The molecule has 0 bridgehead atoms. The Kier molecular flexibility index (Phi) is 4.77. The number of para-hydroxylation sites is 1. The molecule has 0 saturated carbocycles. The number of nitrogens with one attached hydrogen (secondary N) is 1. The van der Waals surface area contributed by atoms with Crippen molar-refractivity contribution in [1.82, 2.24) is 24.8 Å². The Morgan fingerprint density at radius 2 is 2.13 bits per heavy atom. The summed E-state index contributed by atoms with van der Waals surface area (Å²) >= 11 is 0. The highest BCUT2D eigenvalue weighted by atomic mass is 16.5. The molecule has 0 radical (unpaired) electrons. The monoisotopic (exact) mass is 417 g/mol. The summed E-state index contributed by atoms with van der Waals surface area (Å²) in [5.41, 5.74) is 1.65. The van der Waals surface area contributed by atoms with Crippen LogP contribution in [0.5, 0.6) is 5.75 Å². The lowest BCUT2D eigenvalue weighted by atomic mass is 9.93. The summed E-state index contributed by atoms with van der Waals surface area (Å²) in [6.07, 6.45) is 6.23. The maximum atomic E-state index is 13.3. The highest BCUT2D eigenvalue weighted by Gasteiger charge is 2.36. The molecule has 8 nitrogen and oxygen atoms in total. The predicted molar refractivity (Wildman–Crippen MR) is 114 cm³/mol. The number of benzene rings is 1. The van der Waals surface area contributed by atoms with Gasteiger partial charge >= 0.3 is 0 Å². The van der Waals surface area contributed by atoms with E-state index in [1.165, 1.54) is 12.4 Å². The zero-order valence-corrected chi connectivity index (χ0v) is 17.3. The molecule has 5 rings (SSSR count). The third-order valence-electron chi connectivity index (χ3n) is 6.00. The van der Waals surface area contributed by atoms with E-state index in [1.54, 1.807) is 22.9 Å². The molecule has 1 atom stereocenters. The number of amides is 1. The Morgan fingerprint density at radius 3 is 2.97 bits per heavy atom. The average molecular weight is 417 g/mol. The first-order valence-electron chi connectivity index (χ1n) is 10.5. The van der Waals surface area contributed by atoms with E-state index in [0.29, 0.717) is 48.1 Å². The molecule has 158 valence electrons. The molecule has 1 aromatic carbocycles. The normalized spacial score (nSPS) is 19.6. The number of carbonyl (C=O) groups excluding carboxylic acids is 1. The quantitative estimate of drug-likeness (QED) is 0.703. The summed E-state index contributed by atoms with van der Waals surface area (Å²) in [5.74, 6) is 0.974. The van der Waals surface area contributed by atoms with Gasteiger partial charge in [-0.25, -0.2) is 15.0 Å². The van der Waals surface area contributed by atoms with Crippen molar-refractivity contribution in [2.45, 2.75) is 44.7 Å². The zero-order valence-electron chi connectivity index (χ0n) is 17.3. The van der Waals surface area contributed by atoms with Crippen LogP contribution >= 0.6 is 0 Å². The number of hydrogen-bond acceptors (Lipinski definition) is 6. The van der Waals surface area contributed by atoms with Gasteiger partial charge in [0, 0.05) is 25.2 Å². The zero-order chi connectivity index (χ0) is 21.4. The van der Waals surface area contributed by atoms with E-state index in [0.717, 1.165) is 24.8 Å². The molecule has 1 amide bonds. The van der Waals surface area contributed by atoms with Crippen molar-refractivity contribution >= 4 is 5.91 Å². The molecule has 0 spiro atoms. The summed E-state index contributed by atoms with van der Waals surface area (Å²) in [6.45, 7) is 3.09. The first-order valence-corrected chi connectivity index (χ1v) is 10.5. The van der Waals surface area contributed by atoms with Crippen molar-refractivity contribution in [1.29, 1.82) is 0 Å². The van der Waals surface area contributed by atoms with Gasteiger partial charge < -0.3 is 10.1 Å². The summed E-state index contributed by atoms with van der Waals surface area (Å²) in [7, 11) is 0. The fourth-order valence-corrected chi connectivity index (χ4v) is 4.41. The van der Waals surface area contributed by atoms with Crippen LogP contribution in [0.25, 0.3) is 11.4 Å². The Bertz CT molecular complexity index is 1210. The standard InChI is InChI=1S/C23H23N5O3/c1-23(27-21(30)16-6-4-5-15-8-12-31-20(15)16)9-2-3-11-28-19(29)13-18(26-22(23)28)17-7-10-24-14-25-17/h4-7,10,13-14H,2-3,8-9,11-12H2,1H3,(H,27,30). The first kappa shape index (κ1) is 19.4. The van der Waals surface area contributed by atoms with Crippen molar-refractivity contribution in [3.8, 4) is 17.1 Å². The Balaban J connectivity index is 1.57. The molecule has 0 aliphatic carbocycles. The molecule has 1 N–H and O–H groups in total. The second-order valence-electron chi connectivity index (χ2n) is 8.19. The minimum Gasteiger partial charge on any atom is -0.492 e. The van der Waals surface area contributed by atoms with Crippen molar-refractivity contribution in [2.75, 3.05) is 6.61 Å². The topological polar surface area (TPSA) is 99.0 Å². The van der Waals surface area contributed by atoms with Crippen LogP contribution in [0.1, 0.15) is 47.9 Å². The molecule has 0 saturated heterocycles. The third-order valence-corrected chi connectivity index (χ3v) is 6.00. The van der Waals surface area contributed by atoms with Crippen LogP contribution in [-0.2, 0) is 18.5 Å². The second kappa shape index (κ2) is 7.61. The van der Waals surface area contributed by atoms with Crippen LogP contribution < -0.4 is 15.6 Å². The first-order chi connectivity index (χ1) is 15.0. The van der Waals surface area contributed by atoms with Gasteiger partial charge in [0.25, 0.3) is 11.5 Å². The van der Waals surface area contributed by atoms with Gasteiger partial charge in [0.05, 0.1) is 29.1 Å². The Morgan fingerprint density at radius 1 is 1.23 bits per heavy atom. The van der Waals surface area contributed by atoms with Crippen LogP contribution in [0.3, 0.4) is 0 Å². The van der Waals surface area contributed by atoms with Crippen LogP contribution in [-0.4, -0.2) is 32.0 Å². The predicted octanol–water partition coefficient (Wildman–Crippen LogP) is 2.46. The maximum Gasteiger partial charge on any atom is 0.255 e. The van der Waals surface area contributed by atoms with Gasteiger partial charge in [-0.15, -0.1) is 0 Å². The average Bonchev–Trinajstić information content (AvgIpc) is 3.20. The van der Waals surface area contributed by atoms with Gasteiger partial charge in [0.2, 0.25) is 0 Å². The van der Waals surface area contributed by atoms with Gasteiger partial charge in [0.15, 0.2) is 0 Å². The Labute approximate surface area is 179 Å². The lowest BCUT2D eigenvalue weighted by Crippen LogP contribution is -2.47. The summed E-state index contributed by atoms with van der Waals surface area (Å²) < 4.78 is 7.39. The maximum absolute atomic E-state index is 13.3. The van der Waals surface area contributed by atoms with E-state index in [2.05, 4.69) is 15.3 Å². The molecule has 2 aliphatic rings. The van der Waals surface area contributed by atoms with E-state index >= 15 is 0 Å². The molecule has 8 heteroatoms. The van der Waals surface area contributed by atoms with Gasteiger partial charge in [-0.1, -0.05) is 12.1 Å². The van der Waals surface area contributed by atoms with E-state index < -0.39 is 5.54 Å². The molecule has 31 heavy (non-hydrogen) atoms. The fraction of sp³-hybridized carbons (Fsp3) is 0.348. The lowest BCUT2D eigenvalue weighted by Gasteiger charge is -2.31. The number of rotatable bonds is 3. The third kappa shape index (κ3) is 3.48. The summed E-state index contributed by atoms with van der Waals surface area (Å²) in [5, 5.41) is 3.17. The molecule has 0 fully saturated rings. The number of hydrogen-bond donors (Lipinski definition) is 1. The van der Waals surface area contributed by atoms with Gasteiger partial charge in [-0.3, -0.25) is 14.2 Å². The van der Waals surface area contributed by atoms with Crippen molar-refractivity contribution < 1.29 is 9.53 Å². The fourth-order valence-electron chi connectivity index (χ4n) is 4.41. The van der Waals surface area contributed by atoms with E-state index in [9.17, 15) is 9.59 Å². The molecule has 3 aromatic rings. The molecular weight excluding hydrogens is 394 g/mol. The molecule has 1 unspecified atom stereocenters. The van der Waals surface area contributed by atoms with Gasteiger partial charge in [-0.2, -0.15) is 0 Å². The van der Waals surface area contributed by atoms with Crippen molar-refractivity contribution in [3.63, 3.8) is 0 Å². The smallest absolute Gasteiger partial charge is 0.255 e. The van der Waals surface area contributed by atoms with E-state index in [4.69, 9.17) is 9.72 Å². The Hall–Kier alpha value is -3.55. The number of aromatic nitrogens is 4. The minimum atomic E-state index is -0.808. The molecular formula is C23H23N5O3. The second-order valence-corrected chi connectivity index (χ2v) is 8.19. The molecule has 2 aliphatic heterocycles. The molecule has 4 heterocycles. The van der Waals surface area contributed by atoms with E-state index in [-0.39, 0.29) is 11.5 Å². The summed E-state index contributed by atoms with van der Waals surface area (Å²) in [4.78, 5) is 39.2. The van der Waals surface area contributed by atoms with Crippen LogP contribution in [0, 0.1) is 0 Å². The highest BCUT2D eigenvalue weighted by Crippen LogP contribution is 2.33. The molecule has 2 aromatic heterocycles. The van der Waals surface area contributed by atoms with Gasteiger partial charge in [-0.05, 0) is 43.9 Å². The van der Waals surface area contributed by atoms with Crippen LogP contribution in [0.4, 0.5) is 0 Å². The van der Waals surface area contributed by atoms with Gasteiger partial charge in [0.1, 0.15) is 17.9 Å². The number of fused-ring (bicyclic) bond motifs is 2. The van der Waals surface area contributed by atoms with Crippen LogP contribution in [0.15, 0.2) is 47.7 Å². The number of ether oxygens (including phenoxy) is 1. The highest BCUT2D eigenvalue weighted by molar-refractivity contribution is 5.98. The number of nitrogens with zero attached hydrogens (tertiary/aromatic N) is 4.